The Morgan fingerprint density at radius 3 is 2.59 bits per heavy atom. The van der Waals surface area contributed by atoms with Crippen molar-refractivity contribution in [1.82, 2.24) is 30.0 Å². The van der Waals surface area contributed by atoms with Gasteiger partial charge in [0, 0.05) is 18.2 Å². The first-order valence-corrected chi connectivity index (χ1v) is 10.1. The Morgan fingerprint density at radius 1 is 1.09 bits per heavy atom. The standard InChI is InChI=1S/C22H18F2N6O2/c1-13-4-5-18(30-25-6-7-26-30)17(9-13)22(31)29-8-2-3-19(29)21-27-20(28-32-21)14-10-15(23)12-16(24)11-14/h4-7,9-12,19H,2-3,8H2,1H3/t19-/m0/s1. The minimum Gasteiger partial charge on any atom is -0.337 e. The zero-order valence-corrected chi connectivity index (χ0v) is 17.1. The molecule has 0 saturated carbocycles. The van der Waals surface area contributed by atoms with E-state index in [-0.39, 0.29) is 23.2 Å². The fraction of sp³-hybridized carbons (Fsp3) is 0.227. The quantitative estimate of drug-likeness (QED) is 0.482. The van der Waals surface area contributed by atoms with Crippen LogP contribution in [0.25, 0.3) is 17.1 Å². The van der Waals surface area contributed by atoms with E-state index in [1.54, 1.807) is 29.4 Å². The van der Waals surface area contributed by atoms with Gasteiger partial charge in [-0.25, -0.2) is 8.78 Å². The number of halogens is 2. The summed E-state index contributed by atoms with van der Waals surface area (Å²) < 4.78 is 32.5. The molecule has 0 bridgehead atoms. The minimum absolute atomic E-state index is 0.0645. The van der Waals surface area contributed by atoms with Crippen LogP contribution in [-0.4, -0.2) is 42.5 Å². The van der Waals surface area contributed by atoms with Gasteiger partial charge < -0.3 is 9.42 Å². The van der Waals surface area contributed by atoms with Crippen molar-refractivity contribution in [3.8, 4) is 17.1 Å². The van der Waals surface area contributed by atoms with E-state index in [9.17, 15) is 13.6 Å². The third-order valence-corrected chi connectivity index (χ3v) is 5.38. The molecule has 0 spiro atoms. The zero-order valence-electron chi connectivity index (χ0n) is 17.1. The highest BCUT2D eigenvalue weighted by Crippen LogP contribution is 2.34. The average molecular weight is 436 g/mol. The van der Waals surface area contributed by atoms with Gasteiger partial charge in [-0.2, -0.15) is 20.0 Å². The highest BCUT2D eigenvalue weighted by molar-refractivity contribution is 5.98. The topological polar surface area (TPSA) is 89.9 Å². The number of rotatable bonds is 4. The second kappa shape index (κ2) is 7.95. The average Bonchev–Trinajstić information content (AvgIpc) is 3.53. The molecule has 0 N–H and O–H groups in total. The summed E-state index contributed by atoms with van der Waals surface area (Å²) in [5.41, 5.74) is 2.12. The maximum atomic E-state index is 13.6. The highest BCUT2D eigenvalue weighted by Gasteiger charge is 2.35. The number of hydrogen-bond acceptors (Lipinski definition) is 6. The summed E-state index contributed by atoms with van der Waals surface area (Å²) in [5.74, 6) is -1.39. The predicted octanol–water partition coefficient (Wildman–Crippen LogP) is 3.88. The number of benzene rings is 2. The summed E-state index contributed by atoms with van der Waals surface area (Å²) in [7, 11) is 0. The zero-order chi connectivity index (χ0) is 22.2. The Morgan fingerprint density at radius 2 is 1.84 bits per heavy atom. The molecule has 1 saturated heterocycles. The molecule has 3 heterocycles. The predicted molar refractivity (Wildman–Crippen MR) is 109 cm³/mol. The van der Waals surface area contributed by atoms with Crippen LogP contribution in [0.3, 0.4) is 0 Å². The van der Waals surface area contributed by atoms with E-state index in [1.165, 1.54) is 4.80 Å². The number of aromatic nitrogens is 5. The molecule has 1 amide bonds. The van der Waals surface area contributed by atoms with Gasteiger partial charge >= 0.3 is 0 Å². The first-order valence-electron chi connectivity index (χ1n) is 10.1. The molecule has 10 heteroatoms. The molecule has 0 aliphatic carbocycles. The lowest BCUT2D eigenvalue weighted by molar-refractivity contribution is 0.0709. The lowest BCUT2D eigenvalue weighted by Gasteiger charge is -2.23. The van der Waals surface area contributed by atoms with E-state index >= 15 is 0 Å². The van der Waals surface area contributed by atoms with Gasteiger partial charge in [0.1, 0.15) is 17.7 Å². The molecule has 32 heavy (non-hydrogen) atoms. The van der Waals surface area contributed by atoms with E-state index in [2.05, 4.69) is 20.3 Å². The number of hydrogen-bond donors (Lipinski definition) is 0. The van der Waals surface area contributed by atoms with Crippen LogP contribution in [0.2, 0.25) is 0 Å². The largest absolute Gasteiger partial charge is 0.337 e. The van der Waals surface area contributed by atoms with Crippen molar-refractivity contribution in [3.05, 3.63) is 77.4 Å². The minimum atomic E-state index is -0.733. The Hall–Kier alpha value is -3.95. The van der Waals surface area contributed by atoms with Gasteiger partial charge in [0.25, 0.3) is 5.91 Å². The summed E-state index contributed by atoms with van der Waals surface area (Å²) in [4.78, 5) is 20.9. The van der Waals surface area contributed by atoms with Crippen LogP contribution in [0, 0.1) is 18.6 Å². The second-order valence-electron chi connectivity index (χ2n) is 7.61. The SMILES string of the molecule is Cc1ccc(-n2nccn2)c(C(=O)N2CCC[C@H]2c2nc(-c3cc(F)cc(F)c3)no2)c1. The van der Waals surface area contributed by atoms with Crippen molar-refractivity contribution in [2.75, 3.05) is 6.54 Å². The molecular weight excluding hydrogens is 418 g/mol. The molecular formula is C22H18F2N6O2. The normalized spacial score (nSPS) is 16.0. The lowest BCUT2D eigenvalue weighted by Crippen LogP contribution is -2.31. The van der Waals surface area contributed by atoms with Crippen LogP contribution in [0.5, 0.6) is 0 Å². The van der Waals surface area contributed by atoms with Gasteiger partial charge in [0.15, 0.2) is 0 Å². The molecule has 0 radical (unpaired) electrons. The molecule has 8 nitrogen and oxygen atoms in total. The Kier molecular flexibility index (Phi) is 4.96. The third kappa shape index (κ3) is 3.64. The molecule has 5 rings (SSSR count). The summed E-state index contributed by atoms with van der Waals surface area (Å²) in [5, 5.41) is 12.2. The summed E-state index contributed by atoms with van der Waals surface area (Å²) in [6, 6.07) is 8.08. The number of aryl methyl sites for hydroxylation is 1. The lowest BCUT2D eigenvalue weighted by atomic mass is 10.1. The second-order valence-corrected chi connectivity index (χ2v) is 7.61. The van der Waals surface area contributed by atoms with Crippen molar-refractivity contribution in [2.24, 2.45) is 0 Å². The fourth-order valence-electron chi connectivity index (χ4n) is 3.93. The van der Waals surface area contributed by atoms with E-state index in [0.29, 0.717) is 24.2 Å². The molecule has 2 aromatic carbocycles. The van der Waals surface area contributed by atoms with Crippen LogP contribution in [0.15, 0.2) is 53.3 Å². The number of carbonyl (C=O) groups is 1. The molecule has 2 aromatic heterocycles. The van der Waals surface area contributed by atoms with Crippen LogP contribution >= 0.6 is 0 Å². The van der Waals surface area contributed by atoms with Gasteiger partial charge in [-0.15, -0.1) is 0 Å². The maximum Gasteiger partial charge on any atom is 0.256 e. The van der Waals surface area contributed by atoms with Crippen LogP contribution in [0.1, 0.15) is 40.7 Å². The molecule has 4 aromatic rings. The van der Waals surface area contributed by atoms with Gasteiger partial charge in [-0.1, -0.05) is 16.8 Å². The molecule has 1 aliphatic heterocycles. The van der Waals surface area contributed by atoms with E-state index < -0.39 is 17.7 Å². The monoisotopic (exact) mass is 436 g/mol. The van der Waals surface area contributed by atoms with Crippen molar-refractivity contribution < 1.29 is 18.1 Å². The van der Waals surface area contributed by atoms with E-state index in [4.69, 9.17) is 4.52 Å². The fourth-order valence-corrected chi connectivity index (χ4v) is 3.93. The Bertz CT molecular complexity index is 1270. The van der Waals surface area contributed by atoms with Crippen LogP contribution < -0.4 is 0 Å². The van der Waals surface area contributed by atoms with Gasteiger partial charge in [0.2, 0.25) is 11.7 Å². The molecule has 162 valence electrons. The smallest absolute Gasteiger partial charge is 0.256 e. The Balaban J connectivity index is 1.47. The molecule has 1 atom stereocenters. The van der Waals surface area contributed by atoms with Crippen molar-refractivity contribution in [3.63, 3.8) is 0 Å². The first-order chi connectivity index (χ1) is 15.5. The summed E-state index contributed by atoms with van der Waals surface area (Å²) in [6.07, 6.45) is 4.47. The summed E-state index contributed by atoms with van der Waals surface area (Å²) in [6.45, 7) is 2.41. The maximum absolute atomic E-state index is 13.6. The van der Waals surface area contributed by atoms with Crippen LogP contribution in [0.4, 0.5) is 8.78 Å². The van der Waals surface area contributed by atoms with Crippen molar-refractivity contribution >= 4 is 5.91 Å². The van der Waals surface area contributed by atoms with E-state index in [1.807, 2.05) is 13.0 Å². The highest BCUT2D eigenvalue weighted by atomic mass is 19.1. The first kappa shape index (κ1) is 20.0. The number of amides is 1. The van der Waals surface area contributed by atoms with Crippen molar-refractivity contribution in [1.29, 1.82) is 0 Å². The molecule has 0 unspecified atom stereocenters. The molecule has 1 fully saturated rings. The molecule has 1 aliphatic rings. The summed E-state index contributed by atoms with van der Waals surface area (Å²) >= 11 is 0. The van der Waals surface area contributed by atoms with Gasteiger partial charge in [-0.05, 0) is 44.0 Å². The van der Waals surface area contributed by atoms with Crippen LogP contribution in [-0.2, 0) is 0 Å². The third-order valence-electron chi connectivity index (χ3n) is 5.38. The van der Waals surface area contributed by atoms with Gasteiger partial charge in [0.05, 0.1) is 23.6 Å². The van der Waals surface area contributed by atoms with Crippen molar-refractivity contribution in [2.45, 2.75) is 25.8 Å². The van der Waals surface area contributed by atoms with Gasteiger partial charge in [-0.3, -0.25) is 4.79 Å². The number of nitrogens with zero attached hydrogens (tertiary/aromatic N) is 6. The number of likely N-dealkylation sites (tertiary alicyclic amines) is 1. The Labute approximate surface area is 181 Å². The number of carbonyl (C=O) groups excluding carboxylic acids is 1. The van der Waals surface area contributed by atoms with E-state index in [0.717, 1.165) is 30.2 Å².